The smallest absolute Gasteiger partial charge is 0.0540 e. The van der Waals surface area contributed by atoms with E-state index >= 15 is 0 Å². The number of fused-ring (bicyclic) bond motifs is 6. The van der Waals surface area contributed by atoms with Gasteiger partial charge in [-0.15, -0.1) is 11.3 Å². The van der Waals surface area contributed by atoms with Crippen LogP contribution in [0.25, 0.3) is 97.4 Å². The van der Waals surface area contributed by atoms with Crippen LogP contribution < -0.4 is 4.90 Å². The second-order valence-corrected chi connectivity index (χ2v) is 17.5. The van der Waals surface area contributed by atoms with Crippen molar-refractivity contribution in [3.63, 3.8) is 0 Å². The Hall–Kier alpha value is -8.04. The molecule has 0 spiro atoms. The van der Waals surface area contributed by atoms with Gasteiger partial charge in [0.1, 0.15) is 0 Å². The Morgan fingerprint density at radius 3 is 1.39 bits per heavy atom. The molecule has 0 radical (unpaired) electrons. The molecule has 12 aromatic rings. The first kappa shape index (κ1) is 37.7. The summed E-state index contributed by atoms with van der Waals surface area (Å²) in [5.41, 5.74) is 15.4. The molecule has 0 N–H and O–H groups in total. The Balaban J connectivity index is 1.04. The summed E-state index contributed by atoms with van der Waals surface area (Å²) in [6, 6.07) is 91.0. The quantitative estimate of drug-likeness (QED) is 0.138. The summed E-state index contributed by atoms with van der Waals surface area (Å²) in [4.78, 5) is 2.44. The highest BCUT2D eigenvalue weighted by atomic mass is 32.1. The molecular weight excluding hydrogens is 791 g/mol. The van der Waals surface area contributed by atoms with Crippen molar-refractivity contribution in [1.29, 1.82) is 0 Å². The van der Waals surface area contributed by atoms with E-state index in [9.17, 15) is 0 Å². The lowest BCUT2D eigenvalue weighted by atomic mass is 9.84. The third-order valence-corrected chi connectivity index (χ3v) is 13.8. The fraction of sp³-hybridized carbons (Fsp3) is 0. The van der Waals surface area contributed by atoms with E-state index in [1.165, 1.54) is 97.4 Å². The zero-order valence-electron chi connectivity index (χ0n) is 35.0. The molecule has 0 aliphatic heterocycles. The molecule has 0 aliphatic carbocycles. The van der Waals surface area contributed by atoms with E-state index in [4.69, 9.17) is 0 Å². The van der Waals surface area contributed by atoms with E-state index in [1.54, 1.807) is 0 Å². The van der Waals surface area contributed by atoms with Gasteiger partial charge in [0.05, 0.1) is 5.69 Å². The number of rotatable bonds is 8. The Morgan fingerprint density at radius 2 is 0.703 bits per heavy atom. The van der Waals surface area contributed by atoms with Gasteiger partial charge in [0, 0.05) is 37.1 Å². The summed E-state index contributed by atoms with van der Waals surface area (Å²) in [5.74, 6) is 0. The number of thiophene rings is 1. The zero-order chi connectivity index (χ0) is 42.4. The van der Waals surface area contributed by atoms with Crippen molar-refractivity contribution in [2.45, 2.75) is 0 Å². The first-order chi connectivity index (χ1) is 31.7. The van der Waals surface area contributed by atoms with Crippen LogP contribution in [0.5, 0.6) is 0 Å². The van der Waals surface area contributed by atoms with Gasteiger partial charge < -0.3 is 4.90 Å². The van der Waals surface area contributed by atoms with Crippen LogP contribution in [-0.4, -0.2) is 0 Å². The van der Waals surface area contributed by atoms with Gasteiger partial charge in [0.15, 0.2) is 0 Å². The molecule has 0 bridgehead atoms. The molecule has 1 nitrogen and oxygen atoms in total. The van der Waals surface area contributed by atoms with Gasteiger partial charge in [-0.05, 0) is 120 Å². The first-order valence-corrected chi connectivity index (χ1v) is 22.7. The maximum atomic E-state index is 2.44. The van der Waals surface area contributed by atoms with Crippen LogP contribution in [-0.2, 0) is 0 Å². The van der Waals surface area contributed by atoms with E-state index in [0.717, 1.165) is 17.1 Å². The maximum Gasteiger partial charge on any atom is 0.0540 e. The molecule has 0 amide bonds. The topological polar surface area (TPSA) is 3.24 Å². The van der Waals surface area contributed by atoms with E-state index in [1.807, 2.05) is 11.3 Å². The van der Waals surface area contributed by atoms with E-state index in [0.29, 0.717) is 0 Å². The molecular formula is C62H41NS. The average Bonchev–Trinajstić information content (AvgIpc) is 3.75. The molecule has 2 heteroatoms. The van der Waals surface area contributed by atoms with Crippen molar-refractivity contribution in [2.24, 2.45) is 0 Å². The molecule has 0 saturated heterocycles. The first-order valence-electron chi connectivity index (χ1n) is 21.9. The summed E-state index contributed by atoms with van der Waals surface area (Å²) in [7, 11) is 0. The fourth-order valence-electron chi connectivity index (χ4n) is 9.65. The van der Waals surface area contributed by atoms with Crippen molar-refractivity contribution in [1.82, 2.24) is 0 Å². The standard InChI is InChI=1S/C62H41NS/c1-5-17-42(18-6-1)48-32-38-58(56(39-48)44-19-7-2-8-20-44)63(50-35-37-54-53-26-15-16-28-59(53)64-60(54)41-50)49-33-29-43(30-34-49)47-31-36-52-51-25-13-14-27-55(51)61(45-21-9-3-10-22-45)62(57(52)40-47)46-23-11-4-12-24-46/h1-41H. The molecule has 0 aliphatic rings. The molecule has 0 saturated carbocycles. The lowest BCUT2D eigenvalue weighted by Gasteiger charge is -2.28. The number of benzene rings is 11. The van der Waals surface area contributed by atoms with Crippen LogP contribution in [0.15, 0.2) is 249 Å². The van der Waals surface area contributed by atoms with Crippen LogP contribution >= 0.6 is 11.3 Å². The SMILES string of the molecule is c1ccc(-c2ccc(N(c3ccc(-c4ccc5c(c4)c(-c4ccccc4)c(-c4ccccc4)c4ccccc45)cc3)c3ccc4c(c3)sc3ccccc34)c(-c3ccccc3)c2)cc1. The lowest BCUT2D eigenvalue weighted by Crippen LogP contribution is -2.11. The number of anilines is 3. The van der Waals surface area contributed by atoms with Gasteiger partial charge in [-0.25, -0.2) is 0 Å². The molecule has 0 atom stereocenters. The summed E-state index contributed by atoms with van der Waals surface area (Å²) in [6.45, 7) is 0. The van der Waals surface area contributed by atoms with Crippen LogP contribution in [0.2, 0.25) is 0 Å². The molecule has 64 heavy (non-hydrogen) atoms. The van der Waals surface area contributed by atoms with Gasteiger partial charge in [0.2, 0.25) is 0 Å². The highest BCUT2D eigenvalue weighted by molar-refractivity contribution is 7.25. The average molecular weight is 832 g/mol. The van der Waals surface area contributed by atoms with E-state index in [-0.39, 0.29) is 0 Å². The van der Waals surface area contributed by atoms with E-state index < -0.39 is 0 Å². The fourth-order valence-corrected chi connectivity index (χ4v) is 10.8. The van der Waals surface area contributed by atoms with Gasteiger partial charge in [-0.3, -0.25) is 0 Å². The predicted octanol–water partition coefficient (Wildman–Crippen LogP) is 18.2. The number of hydrogen-bond donors (Lipinski definition) is 0. The zero-order valence-corrected chi connectivity index (χ0v) is 35.8. The Kier molecular flexibility index (Phi) is 9.43. The minimum absolute atomic E-state index is 1.09. The number of nitrogens with zero attached hydrogens (tertiary/aromatic N) is 1. The van der Waals surface area contributed by atoms with Crippen molar-refractivity contribution in [3.05, 3.63) is 249 Å². The summed E-state index contributed by atoms with van der Waals surface area (Å²) >= 11 is 1.86. The van der Waals surface area contributed by atoms with Crippen molar-refractivity contribution in [3.8, 4) is 55.6 Å². The Labute approximate surface area is 377 Å². The summed E-state index contributed by atoms with van der Waals surface area (Å²) in [5, 5.41) is 7.61. The van der Waals surface area contributed by atoms with Crippen LogP contribution in [0.4, 0.5) is 17.1 Å². The van der Waals surface area contributed by atoms with Crippen molar-refractivity contribution in [2.75, 3.05) is 4.90 Å². The third kappa shape index (κ3) is 6.64. The normalized spacial score (nSPS) is 11.4. The maximum absolute atomic E-state index is 2.44. The van der Waals surface area contributed by atoms with Crippen molar-refractivity contribution >= 4 is 70.1 Å². The van der Waals surface area contributed by atoms with E-state index in [2.05, 4.69) is 254 Å². The molecule has 0 unspecified atom stereocenters. The Morgan fingerprint density at radius 1 is 0.250 bits per heavy atom. The summed E-state index contributed by atoms with van der Waals surface area (Å²) in [6.07, 6.45) is 0. The molecule has 1 aromatic heterocycles. The minimum atomic E-state index is 1.09. The molecule has 12 rings (SSSR count). The lowest BCUT2D eigenvalue weighted by molar-refractivity contribution is 1.29. The second kappa shape index (κ2) is 16.0. The van der Waals surface area contributed by atoms with Gasteiger partial charge in [-0.1, -0.05) is 200 Å². The highest BCUT2D eigenvalue weighted by Gasteiger charge is 2.21. The molecule has 0 fully saturated rings. The number of hydrogen-bond acceptors (Lipinski definition) is 2. The molecule has 11 aromatic carbocycles. The van der Waals surface area contributed by atoms with Crippen LogP contribution in [0, 0.1) is 0 Å². The Bertz CT molecular complexity index is 3630. The molecule has 1 heterocycles. The molecule has 300 valence electrons. The van der Waals surface area contributed by atoms with Gasteiger partial charge in [-0.2, -0.15) is 0 Å². The minimum Gasteiger partial charge on any atom is -0.310 e. The van der Waals surface area contributed by atoms with Crippen molar-refractivity contribution < 1.29 is 0 Å². The van der Waals surface area contributed by atoms with Gasteiger partial charge >= 0.3 is 0 Å². The van der Waals surface area contributed by atoms with Gasteiger partial charge in [0.25, 0.3) is 0 Å². The largest absolute Gasteiger partial charge is 0.310 e. The summed E-state index contributed by atoms with van der Waals surface area (Å²) < 4.78 is 2.58. The third-order valence-electron chi connectivity index (χ3n) is 12.7. The van der Waals surface area contributed by atoms with Crippen LogP contribution in [0.1, 0.15) is 0 Å². The monoisotopic (exact) mass is 831 g/mol. The predicted molar refractivity (Wildman–Crippen MR) is 276 cm³/mol. The second-order valence-electron chi connectivity index (χ2n) is 16.4. The highest BCUT2D eigenvalue weighted by Crippen LogP contribution is 2.48. The van der Waals surface area contributed by atoms with Crippen LogP contribution in [0.3, 0.4) is 0 Å².